The number of rotatable bonds is 5. The standard InChI is InChI=1S/C33H27N3O2S/c1-3-35-30(37)29(31(38)36(4-2)32(35)39)25-20-27(23-14-8-5-9-15-23)33(22-34,26-18-12-7-13-19-26)28(21-25)24-16-10-6-11-17-24/h5-21H,3-4H2,1-2H3. The number of carbonyl (C=O) groups excluding carboxylic acids is 2. The fraction of sp³-hybridized carbons (Fsp3) is 0.152. The quantitative estimate of drug-likeness (QED) is 0.234. The van der Waals surface area contributed by atoms with Crippen LogP contribution in [0.5, 0.6) is 0 Å². The predicted molar refractivity (Wildman–Crippen MR) is 157 cm³/mol. The summed E-state index contributed by atoms with van der Waals surface area (Å²) in [4.78, 5) is 30.4. The second-order valence-electron chi connectivity index (χ2n) is 9.29. The Bertz CT molecular complexity index is 1490. The number of benzene rings is 3. The molecule has 1 fully saturated rings. The molecule has 1 aliphatic carbocycles. The first-order valence-corrected chi connectivity index (χ1v) is 13.3. The smallest absolute Gasteiger partial charge is 0.266 e. The van der Waals surface area contributed by atoms with Crippen molar-refractivity contribution in [3.8, 4) is 6.07 Å². The normalized spacial score (nSPS) is 19.6. The zero-order valence-corrected chi connectivity index (χ0v) is 22.6. The fourth-order valence-corrected chi connectivity index (χ4v) is 5.79. The van der Waals surface area contributed by atoms with E-state index in [1.807, 2.05) is 117 Å². The molecule has 5 nitrogen and oxygen atoms in total. The number of thiocarbonyl (C=S) groups is 1. The highest BCUT2D eigenvalue weighted by atomic mass is 32.1. The number of hydrogen-bond acceptors (Lipinski definition) is 4. The van der Waals surface area contributed by atoms with E-state index < -0.39 is 17.2 Å². The van der Waals surface area contributed by atoms with Crippen molar-refractivity contribution in [2.45, 2.75) is 19.3 Å². The number of amides is 2. The van der Waals surface area contributed by atoms with Gasteiger partial charge in [0.15, 0.2) is 5.11 Å². The Labute approximate surface area is 234 Å². The molecule has 3 aromatic rings. The number of carbonyl (C=O) groups is 2. The average Bonchev–Trinajstić information content (AvgIpc) is 2.98. The van der Waals surface area contributed by atoms with Gasteiger partial charge in [-0.15, -0.1) is 0 Å². The van der Waals surface area contributed by atoms with Crippen molar-refractivity contribution in [1.82, 2.24) is 9.80 Å². The van der Waals surface area contributed by atoms with Gasteiger partial charge >= 0.3 is 0 Å². The average molecular weight is 530 g/mol. The molecular formula is C33H27N3O2S. The minimum Gasteiger partial charge on any atom is -0.285 e. The fourth-order valence-electron chi connectivity index (χ4n) is 5.36. The minimum atomic E-state index is -1.20. The summed E-state index contributed by atoms with van der Waals surface area (Å²) in [6.45, 7) is 4.36. The summed E-state index contributed by atoms with van der Waals surface area (Å²) in [5.74, 6) is -0.854. The van der Waals surface area contributed by atoms with Crippen LogP contribution in [0.15, 0.2) is 114 Å². The van der Waals surface area contributed by atoms with E-state index in [2.05, 4.69) is 6.07 Å². The Kier molecular flexibility index (Phi) is 7.10. The molecule has 2 amide bonds. The summed E-state index contributed by atoms with van der Waals surface area (Å²) < 4.78 is 0. The van der Waals surface area contributed by atoms with Crippen molar-refractivity contribution in [2.75, 3.05) is 13.1 Å². The summed E-state index contributed by atoms with van der Waals surface area (Å²) in [5.41, 5.74) is 3.16. The highest BCUT2D eigenvalue weighted by Crippen LogP contribution is 2.52. The van der Waals surface area contributed by atoms with E-state index in [1.54, 1.807) is 0 Å². The zero-order chi connectivity index (χ0) is 27.6. The van der Waals surface area contributed by atoms with Crippen molar-refractivity contribution in [3.63, 3.8) is 0 Å². The lowest BCUT2D eigenvalue weighted by Gasteiger charge is -2.39. The molecule has 3 aromatic carbocycles. The van der Waals surface area contributed by atoms with Crippen molar-refractivity contribution < 1.29 is 9.59 Å². The largest absolute Gasteiger partial charge is 0.285 e. The molecule has 2 aliphatic rings. The van der Waals surface area contributed by atoms with Gasteiger partial charge in [0.2, 0.25) is 0 Å². The van der Waals surface area contributed by atoms with Crippen molar-refractivity contribution in [3.05, 3.63) is 131 Å². The summed E-state index contributed by atoms with van der Waals surface area (Å²) in [6.07, 6.45) is 3.67. The van der Waals surface area contributed by atoms with E-state index in [-0.39, 0.29) is 10.7 Å². The number of likely N-dealkylation sites (N-methyl/N-ethyl adjacent to an activating group) is 2. The third-order valence-electron chi connectivity index (χ3n) is 7.25. The van der Waals surface area contributed by atoms with E-state index in [4.69, 9.17) is 12.2 Å². The van der Waals surface area contributed by atoms with Crippen LogP contribution in [0.3, 0.4) is 0 Å². The molecule has 0 atom stereocenters. The molecule has 1 heterocycles. The first kappa shape index (κ1) is 26.0. The van der Waals surface area contributed by atoms with Crippen molar-refractivity contribution >= 4 is 40.3 Å². The molecular weight excluding hydrogens is 502 g/mol. The Morgan fingerprint density at radius 2 is 1.13 bits per heavy atom. The van der Waals surface area contributed by atoms with Crippen molar-refractivity contribution in [2.24, 2.45) is 0 Å². The topological polar surface area (TPSA) is 64.4 Å². The van der Waals surface area contributed by atoms with Gasteiger partial charge in [-0.2, -0.15) is 5.26 Å². The third kappa shape index (κ3) is 4.21. The molecule has 1 saturated heterocycles. The number of nitriles is 1. The summed E-state index contributed by atoms with van der Waals surface area (Å²) in [6, 6.07) is 31.6. The lowest BCUT2D eigenvalue weighted by Crippen LogP contribution is -2.56. The van der Waals surface area contributed by atoms with E-state index in [0.29, 0.717) is 29.8 Å². The van der Waals surface area contributed by atoms with Crippen LogP contribution in [0.2, 0.25) is 0 Å². The van der Waals surface area contributed by atoms with Gasteiger partial charge < -0.3 is 0 Å². The van der Waals surface area contributed by atoms with Crippen LogP contribution in [-0.4, -0.2) is 39.8 Å². The molecule has 0 unspecified atom stereocenters. The van der Waals surface area contributed by atoms with Crippen LogP contribution in [-0.2, 0) is 15.0 Å². The molecule has 39 heavy (non-hydrogen) atoms. The Morgan fingerprint density at radius 3 is 1.51 bits per heavy atom. The second kappa shape index (κ2) is 10.6. The van der Waals surface area contributed by atoms with Crippen LogP contribution in [0.1, 0.15) is 30.5 Å². The highest BCUT2D eigenvalue weighted by molar-refractivity contribution is 7.80. The Balaban J connectivity index is 1.90. The lowest BCUT2D eigenvalue weighted by atomic mass is 9.62. The third-order valence-corrected chi connectivity index (χ3v) is 7.69. The Hall–Kier alpha value is -4.60. The first-order valence-electron chi connectivity index (χ1n) is 12.9. The molecule has 5 rings (SSSR count). The Morgan fingerprint density at radius 1 is 0.718 bits per heavy atom. The number of allylic oxidation sites excluding steroid dienone is 5. The van der Waals surface area contributed by atoms with Gasteiger partial charge in [-0.05, 0) is 71.6 Å². The van der Waals surface area contributed by atoms with Gasteiger partial charge in [-0.3, -0.25) is 19.4 Å². The maximum Gasteiger partial charge on any atom is 0.266 e. The molecule has 1 aliphatic heterocycles. The highest BCUT2D eigenvalue weighted by Gasteiger charge is 2.46. The molecule has 0 saturated carbocycles. The van der Waals surface area contributed by atoms with E-state index in [9.17, 15) is 14.9 Å². The number of hydrogen-bond donors (Lipinski definition) is 0. The molecule has 0 radical (unpaired) electrons. The molecule has 6 heteroatoms. The predicted octanol–water partition coefficient (Wildman–Crippen LogP) is 5.92. The van der Waals surface area contributed by atoms with Gasteiger partial charge in [0.05, 0.1) is 6.07 Å². The molecule has 0 aromatic heterocycles. The van der Waals surface area contributed by atoms with Gasteiger partial charge in [0, 0.05) is 13.1 Å². The van der Waals surface area contributed by atoms with E-state index >= 15 is 0 Å². The van der Waals surface area contributed by atoms with Crippen LogP contribution in [0.4, 0.5) is 0 Å². The maximum atomic E-state index is 13.7. The van der Waals surface area contributed by atoms with Crippen molar-refractivity contribution in [1.29, 1.82) is 5.26 Å². The number of nitrogens with zero attached hydrogens (tertiary/aromatic N) is 3. The lowest BCUT2D eigenvalue weighted by molar-refractivity contribution is -0.133. The van der Waals surface area contributed by atoms with Crippen LogP contribution >= 0.6 is 12.2 Å². The monoisotopic (exact) mass is 529 g/mol. The molecule has 0 spiro atoms. The van der Waals surface area contributed by atoms with Gasteiger partial charge in [0.25, 0.3) is 11.8 Å². The summed E-state index contributed by atoms with van der Waals surface area (Å²) in [7, 11) is 0. The molecule has 0 bridgehead atoms. The second-order valence-corrected chi connectivity index (χ2v) is 9.65. The van der Waals surface area contributed by atoms with E-state index in [1.165, 1.54) is 9.80 Å². The van der Waals surface area contributed by atoms with Crippen LogP contribution in [0.25, 0.3) is 11.1 Å². The summed E-state index contributed by atoms with van der Waals surface area (Å²) in [5, 5.41) is 11.3. The van der Waals surface area contributed by atoms with Gasteiger partial charge in [-0.1, -0.05) is 91.0 Å². The van der Waals surface area contributed by atoms with Gasteiger partial charge in [-0.25, -0.2) is 0 Å². The van der Waals surface area contributed by atoms with Crippen LogP contribution < -0.4 is 0 Å². The first-order chi connectivity index (χ1) is 19.0. The SMILES string of the molecule is CCN1C(=O)C(=C2C=C(c3ccccc3)C(C#N)(c3ccccc3)C(c3ccccc3)=C2)C(=O)N(CC)C1=S. The molecule has 0 N–H and O–H groups in total. The molecule has 192 valence electrons. The summed E-state index contributed by atoms with van der Waals surface area (Å²) >= 11 is 5.49. The zero-order valence-electron chi connectivity index (χ0n) is 21.8. The van der Waals surface area contributed by atoms with Crippen LogP contribution in [0, 0.1) is 11.3 Å². The van der Waals surface area contributed by atoms with E-state index in [0.717, 1.165) is 16.7 Å². The van der Waals surface area contributed by atoms with Gasteiger partial charge in [0.1, 0.15) is 11.0 Å². The maximum absolute atomic E-state index is 13.7. The minimum absolute atomic E-state index is 0.0498.